The lowest BCUT2D eigenvalue weighted by Gasteiger charge is -2.30. The van der Waals surface area contributed by atoms with Crippen LogP contribution < -0.4 is 0 Å². The molecule has 2 saturated heterocycles. The first kappa shape index (κ1) is 19.7. The Bertz CT molecular complexity index is 604. The molecule has 27 heavy (non-hydrogen) atoms. The van der Waals surface area contributed by atoms with Crippen molar-refractivity contribution in [2.75, 3.05) is 65.4 Å². The maximum atomic E-state index is 9.47. The Morgan fingerprint density at radius 2 is 1.70 bits per heavy atom. The van der Waals surface area contributed by atoms with Gasteiger partial charge < -0.3 is 14.7 Å². The molecule has 6 nitrogen and oxygen atoms in total. The molecule has 0 bridgehead atoms. The Hall–Kier alpha value is -2.02. The van der Waals surface area contributed by atoms with Crippen molar-refractivity contribution in [1.82, 2.24) is 19.6 Å². The van der Waals surface area contributed by atoms with E-state index in [0.29, 0.717) is 0 Å². The van der Waals surface area contributed by atoms with Gasteiger partial charge in [0.05, 0.1) is 12.6 Å². The first-order valence-electron chi connectivity index (χ1n) is 10.4. The smallest absolute Gasteiger partial charge is 0.300 e. The fourth-order valence-corrected chi connectivity index (χ4v) is 4.34. The molecule has 0 amide bonds. The van der Waals surface area contributed by atoms with Crippen molar-refractivity contribution < 1.29 is 0 Å². The second kappa shape index (κ2) is 10.3. The Labute approximate surface area is 164 Å². The molecule has 3 heterocycles. The van der Waals surface area contributed by atoms with Gasteiger partial charge in [-0.1, -0.05) is 18.6 Å². The fourth-order valence-electron chi connectivity index (χ4n) is 4.34. The second-order valence-corrected chi connectivity index (χ2v) is 7.69. The zero-order valence-corrected chi connectivity index (χ0v) is 16.4. The summed E-state index contributed by atoms with van der Waals surface area (Å²) in [5.74, 6) is 0.874. The van der Waals surface area contributed by atoms with Gasteiger partial charge in [0.25, 0.3) is 0 Å². The van der Waals surface area contributed by atoms with E-state index in [1.807, 2.05) is 0 Å². The highest BCUT2D eigenvalue weighted by molar-refractivity contribution is 5.33. The number of piperidine rings is 1. The first-order chi connectivity index (χ1) is 13.3. The van der Waals surface area contributed by atoms with E-state index in [4.69, 9.17) is 6.57 Å². The highest BCUT2D eigenvalue weighted by Gasteiger charge is 2.28. The molecule has 0 aromatic carbocycles. The first-order valence-corrected chi connectivity index (χ1v) is 10.4. The molecule has 6 heteroatoms. The average Bonchev–Trinajstić information content (AvgIpc) is 3.12. The molecule has 3 rings (SSSR count). The molecule has 0 N–H and O–H groups in total. The van der Waals surface area contributed by atoms with E-state index in [2.05, 4.69) is 42.7 Å². The molecule has 3 aliphatic rings. The minimum Gasteiger partial charge on any atom is -0.365 e. The molecule has 0 aromatic heterocycles. The van der Waals surface area contributed by atoms with Crippen LogP contribution in [0.3, 0.4) is 0 Å². The summed E-state index contributed by atoms with van der Waals surface area (Å²) >= 11 is 0. The summed E-state index contributed by atoms with van der Waals surface area (Å²) in [5, 5.41) is 9.47. The van der Waals surface area contributed by atoms with Crippen molar-refractivity contribution in [3.63, 3.8) is 0 Å². The SMILES string of the molecule is [C-]#[N+]C(C#N)=C1N(CCCN2CCCCC2)CCN1CCN1CC=CCC1. The molecule has 0 spiro atoms. The van der Waals surface area contributed by atoms with Crippen molar-refractivity contribution >= 4 is 0 Å². The van der Waals surface area contributed by atoms with Gasteiger partial charge in [0, 0.05) is 45.8 Å². The van der Waals surface area contributed by atoms with E-state index in [0.717, 1.165) is 71.0 Å². The van der Waals surface area contributed by atoms with Gasteiger partial charge in [0.1, 0.15) is 5.82 Å². The molecular weight excluding hydrogens is 336 g/mol. The van der Waals surface area contributed by atoms with E-state index in [1.54, 1.807) is 0 Å². The standard InChI is InChI=1S/C21H32N6/c1-23-20(19-22)21-26(14-8-13-24-9-4-2-5-10-24)17-18-27(21)16-15-25-11-6-3-7-12-25/h3,6H,2,4-5,7-18H2. The lowest BCUT2D eigenvalue weighted by Crippen LogP contribution is -2.36. The third-order valence-electron chi connectivity index (χ3n) is 5.85. The van der Waals surface area contributed by atoms with Gasteiger partial charge in [-0.25, -0.2) is 10.1 Å². The number of hydrogen-bond acceptors (Lipinski definition) is 5. The molecule has 146 valence electrons. The average molecular weight is 369 g/mol. The molecule has 0 saturated carbocycles. The van der Waals surface area contributed by atoms with Gasteiger partial charge >= 0.3 is 5.70 Å². The Morgan fingerprint density at radius 1 is 0.926 bits per heavy atom. The van der Waals surface area contributed by atoms with Gasteiger partial charge in [0.2, 0.25) is 0 Å². The van der Waals surface area contributed by atoms with Gasteiger partial charge in [-0.05, 0) is 45.3 Å². The van der Waals surface area contributed by atoms with E-state index in [-0.39, 0.29) is 5.70 Å². The number of rotatable bonds is 7. The normalized spacial score (nSPS) is 23.3. The van der Waals surface area contributed by atoms with Gasteiger partial charge in [-0.15, -0.1) is 0 Å². The molecule has 0 atom stereocenters. The molecule has 0 unspecified atom stereocenters. The highest BCUT2D eigenvalue weighted by Crippen LogP contribution is 2.23. The van der Waals surface area contributed by atoms with Crippen LogP contribution in [0.4, 0.5) is 0 Å². The van der Waals surface area contributed by atoms with Crippen LogP contribution in [0, 0.1) is 17.9 Å². The summed E-state index contributed by atoms with van der Waals surface area (Å²) in [6.07, 6.45) is 10.7. The van der Waals surface area contributed by atoms with Crippen molar-refractivity contribution in [3.8, 4) is 6.07 Å². The Balaban J connectivity index is 1.55. The van der Waals surface area contributed by atoms with Crippen LogP contribution in [0.25, 0.3) is 4.85 Å². The van der Waals surface area contributed by atoms with Crippen molar-refractivity contribution in [2.45, 2.75) is 32.1 Å². The van der Waals surface area contributed by atoms with Crippen LogP contribution in [0.15, 0.2) is 23.7 Å². The largest absolute Gasteiger partial charge is 0.365 e. The minimum atomic E-state index is 0.254. The summed E-state index contributed by atoms with van der Waals surface area (Å²) in [4.78, 5) is 13.1. The van der Waals surface area contributed by atoms with Crippen LogP contribution in [0.5, 0.6) is 0 Å². The third kappa shape index (κ3) is 5.48. The molecule has 0 aromatic rings. The van der Waals surface area contributed by atoms with E-state index in [1.165, 1.54) is 32.4 Å². The van der Waals surface area contributed by atoms with Crippen molar-refractivity contribution in [2.24, 2.45) is 0 Å². The summed E-state index contributed by atoms with van der Waals surface area (Å²) < 4.78 is 0. The Morgan fingerprint density at radius 3 is 2.37 bits per heavy atom. The lowest BCUT2D eigenvalue weighted by molar-refractivity contribution is 0.213. The highest BCUT2D eigenvalue weighted by atomic mass is 15.4. The van der Waals surface area contributed by atoms with Gasteiger partial charge in [0.15, 0.2) is 0 Å². The number of allylic oxidation sites excluding steroid dienone is 1. The minimum absolute atomic E-state index is 0.254. The Kier molecular flexibility index (Phi) is 7.56. The molecule has 0 radical (unpaired) electrons. The van der Waals surface area contributed by atoms with Crippen LogP contribution >= 0.6 is 0 Å². The number of hydrogen-bond donors (Lipinski definition) is 0. The predicted molar refractivity (Wildman–Crippen MR) is 107 cm³/mol. The third-order valence-corrected chi connectivity index (χ3v) is 5.85. The lowest BCUT2D eigenvalue weighted by atomic mass is 10.1. The van der Waals surface area contributed by atoms with Crippen LogP contribution in [0.2, 0.25) is 0 Å². The van der Waals surface area contributed by atoms with E-state index in [9.17, 15) is 5.26 Å². The predicted octanol–water partition coefficient (Wildman–Crippen LogP) is 2.35. The van der Waals surface area contributed by atoms with E-state index >= 15 is 0 Å². The van der Waals surface area contributed by atoms with Crippen molar-refractivity contribution in [1.29, 1.82) is 5.26 Å². The number of nitrogens with zero attached hydrogens (tertiary/aromatic N) is 6. The quantitative estimate of drug-likeness (QED) is 0.392. The molecule has 3 aliphatic heterocycles. The zero-order chi connectivity index (χ0) is 18.9. The fraction of sp³-hybridized carbons (Fsp3) is 0.714. The molecule has 2 fully saturated rings. The maximum absolute atomic E-state index is 9.47. The molecular formula is C21H32N6. The summed E-state index contributed by atoms with van der Waals surface area (Å²) in [7, 11) is 0. The summed E-state index contributed by atoms with van der Waals surface area (Å²) in [6, 6.07) is 2.14. The van der Waals surface area contributed by atoms with E-state index < -0.39 is 0 Å². The summed E-state index contributed by atoms with van der Waals surface area (Å²) in [6.45, 7) is 17.8. The van der Waals surface area contributed by atoms with Crippen molar-refractivity contribution in [3.05, 3.63) is 35.1 Å². The number of nitriles is 1. The second-order valence-electron chi connectivity index (χ2n) is 7.69. The maximum Gasteiger partial charge on any atom is 0.300 e. The van der Waals surface area contributed by atoms with Crippen LogP contribution in [-0.2, 0) is 0 Å². The van der Waals surface area contributed by atoms with Crippen LogP contribution in [0.1, 0.15) is 32.1 Å². The topological polar surface area (TPSA) is 41.1 Å². The van der Waals surface area contributed by atoms with Gasteiger partial charge in [-0.2, -0.15) is 0 Å². The molecule has 0 aliphatic carbocycles. The zero-order valence-electron chi connectivity index (χ0n) is 16.4. The van der Waals surface area contributed by atoms with Gasteiger partial charge in [-0.3, -0.25) is 4.90 Å². The van der Waals surface area contributed by atoms with Crippen LogP contribution in [-0.4, -0.2) is 85.0 Å². The summed E-state index contributed by atoms with van der Waals surface area (Å²) in [5.41, 5.74) is 0.254. The monoisotopic (exact) mass is 368 g/mol. The number of likely N-dealkylation sites (tertiary alicyclic amines) is 1.